The van der Waals surface area contributed by atoms with Crippen molar-refractivity contribution in [3.05, 3.63) is 54.6 Å². The lowest BCUT2D eigenvalue weighted by Crippen LogP contribution is -2.37. The molecule has 6 nitrogen and oxygen atoms in total. The molecule has 1 heterocycles. The number of ether oxygens (including phenoxy) is 4. The Morgan fingerprint density at radius 2 is 1.66 bits per heavy atom. The van der Waals surface area contributed by atoms with E-state index in [2.05, 4.69) is 0 Å². The maximum atomic E-state index is 13.0. The maximum Gasteiger partial charge on any atom is 0.314 e. The van der Waals surface area contributed by atoms with Crippen molar-refractivity contribution in [2.45, 2.75) is 25.2 Å². The van der Waals surface area contributed by atoms with Crippen LogP contribution in [0.1, 0.15) is 12.8 Å². The first kappa shape index (κ1) is 19.6. The summed E-state index contributed by atoms with van der Waals surface area (Å²) in [7, 11) is 3.06. The number of benzene rings is 2. The molecule has 0 aromatic heterocycles. The molecular weight excluding hydrogens is 372 g/mol. The number of esters is 2. The third-order valence-corrected chi connectivity index (χ3v) is 5.87. The van der Waals surface area contributed by atoms with Crippen LogP contribution in [0.5, 0.6) is 5.75 Å². The third-order valence-electron chi connectivity index (χ3n) is 5.87. The Hall–Kier alpha value is -2.70. The van der Waals surface area contributed by atoms with Gasteiger partial charge in [0.1, 0.15) is 11.9 Å². The van der Waals surface area contributed by atoms with E-state index in [1.54, 1.807) is 12.1 Å². The number of hydrogen-bond donors (Lipinski definition) is 0. The number of fused-ring (bicyclic) bond motifs is 1. The van der Waals surface area contributed by atoms with E-state index >= 15 is 0 Å². The molecule has 2 fully saturated rings. The Kier molecular flexibility index (Phi) is 5.65. The van der Waals surface area contributed by atoms with Gasteiger partial charge in [-0.25, -0.2) is 0 Å². The molecule has 0 N–H and O–H groups in total. The van der Waals surface area contributed by atoms with E-state index in [9.17, 15) is 9.59 Å². The second-order valence-electron chi connectivity index (χ2n) is 7.47. The summed E-state index contributed by atoms with van der Waals surface area (Å²) in [5.41, 5.74) is 2.14. The third kappa shape index (κ3) is 3.91. The lowest BCUT2D eigenvalue weighted by atomic mass is 9.87. The molecule has 0 spiro atoms. The average molecular weight is 396 g/mol. The van der Waals surface area contributed by atoms with Crippen molar-refractivity contribution in [2.24, 2.45) is 17.8 Å². The normalized spacial score (nSPS) is 25.7. The van der Waals surface area contributed by atoms with Gasteiger partial charge < -0.3 is 18.9 Å². The zero-order valence-corrected chi connectivity index (χ0v) is 16.4. The summed E-state index contributed by atoms with van der Waals surface area (Å²) in [5.74, 6) is -0.972. The molecule has 2 aromatic rings. The summed E-state index contributed by atoms with van der Waals surface area (Å²) in [6.07, 6.45) is -0.199. The predicted octanol–water partition coefficient (Wildman–Crippen LogP) is 3.45. The molecule has 4 atom stereocenters. The molecule has 2 aliphatic rings. The van der Waals surface area contributed by atoms with Gasteiger partial charge in [0.2, 0.25) is 0 Å². The molecule has 152 valence electrons. The van der Waals surface area contributed by atoms with E-state index in [0.717, 1.165) is 11.1 Å². The molecule has 0 radical (unpaired) electrons. The van der Waals surface area contributed by atoms with Crippen LogP contribution in [0.15, 0.2) is 54.6 Å². The van der Waals surface area contributed by atoms with E-state index in [4.69, 9.17) is 18.9 Å². The van der Waals surface area contributed by atoms with E-state index in [1.165, 1.54) is 14.2 Å². The van der Waals surface area contributed by atoms with Crippen LogP contribution in [-0.4, -0.2) is 38.6 Å². The molecular formula is C23H24O6. The van der Waals surface area contributed by atoms with Crippen molar-refractivity contribution < 1.29 is 28.5 Å². The van der Waals surface area contributed by atoms with E-state index in [-0.39, 0.29) is 36.3 Å². The maximum absolute atomic E-state index is 13.0. The molecule has 1 aliphatic heterocycles. The van der Waals surface area contributed by atoms with Crippen LogP contribution in [0.3, 0.4) is 0 Å². The minimum absolute atomic E-state index is 0.106. The number of carbonyl (C=O) groups excluding carboxylic acids is 2. The molecule has 1 saturated carbocycles. The Morgan fingerprint density at radius 3 is 2.31 bits per heavy atom. The second kappa shape index (κ2) is 8.35. The van der Waals surface area contributed by atoms with Gasteiger partial charge in [-0.1, -0.05) is 42.5 Å². The van der Waals surface area contributed by atoms with Crippen LogP contribution in [0.25, 0.3) is 11.1 Å². The largest absolute Gasteiger partial charge is 0.462 e. The number of hydrogen-bond acceptors (Lipinski definition) is 6. The molecule has 4 rings (SSSR count). The van der Waals surface area contributed by atoms with Crippen molar-refractivity contribution in [1.29, 1.82) is 0 Å². The van der Waals surface area contributed by atoms with Crippen LogP contribution >= 0.6 is 0 Å². The Balaban J connectivity index is 1.49. The Morgan fingerprint density at radius 1 is 1.00 bits per heavy atom. The summed E-state index contributed by atoms with van der Waals surface area (Å²) in [5, 5.41) is 0. The lowest BCUT2D eigenvalue weighted by molar-refractivity contribution is -0.168. The smallest absolute Gasteiger partial charge is 0.314 e. The fourth-order valence-electron chi connectivity index (χ4n) is 4.53. The Bertz CT molecular complexity index is 859. The molecule has 0 bridgehead atoms. The highest BCUT2D eigenvalue weighted by Gasteiger charge is 2.56. The Labute approximate surface area is 169 Å². The summed E-state index contributed by atoms with van der Waals surface area (Å²) >= 11 is 0. The van der Waals surface area contributed by atoms with Gasteiger partial charge in [-0.3, -0.25) is 9.59 Å². The summed E-state index contributed by atoms with van der Waals surface area (Å²) < 4.78 is 21.9. The second-order valence-corrected chi connectivity index (χ2v) is 7.47. The fourth-order valence-corrected chi connectivity index (χ4v) is 4.53. The van der Waals surface area contributed by atoms with Crippen LogP contribution in [0, 0.1) is 17.8 Å². The summed E-state index contributed by atoms with van der Waals surface area (Å²) in [4.78, 5) is 24.7. The molecule has 1 aliphatic carbocycles. The molecule has 1 saturated heterocycles. The number of carbonyl (C=O) groups is 2. The standard InChI is InChI=1S/C23H24O6/c1-26-23(27-2)21-17-13-20(24)29-19(17)12-18(21)22(25)28-16-10-8-15(9-11-16)14-6-4-3-5-7-14/h3-11,17-19,21,23H,12-13H2,1-2H3/t17-,18?,19-,21+/m0/s1. The monoisotopic (exact) mass is 396 g/mol. The van der Waals surface area contributed by atoms with Crippen LogP contribution in [0.4, 0.5) is 0 Å². The van der Waals surface area contributed by atoms with Crippen molar-refractivity contribution >= 4 is 11.9 Å². The van der Waals surface area contributed by atoms with Gasteiger partial charge in [0, 0.05) is 26.1 Å². The van der Waals surface area contributed by atoms with Crippen LogP contribution < -0.4 is 4.74 Å². The van der Waals surface area contributed by atoms with Crippen LogP contribution in [0.2, 0.25) is 0 Å². The first-order valence-corrected chi connectivity index (χ1v) is 9.73. The van der Waals surface area contributed by atoms with Gasteiger partial charge in [-0.15, -0.1) is 0 Å². The minimum atomic E-state index is -0.600. The van der Waals surface area contributed by atoms with Gasteiger partial charge in [0.15, 0.2) is 6.29 Å². The van der Waals surface area contributed by atoms with Gasteiger partial charge in [0.05, 0.1) is 12.3 Å². The van der Waals surface area contributed by atoms with Crippen molar-refractivity contribution in [3.8, 4) is 16.9 Å². The van der Waals surface area contributed by atoms with Crippen molar-refractivity contribution in [1.82, 2.24) is 0 Å². The quantitative estimate of drug-likeness (QED) is 0.423. The predicted molar refractivity (Wildman–Crippen MR) is 105 cm³/mol. The van der Waals surface area contributed by atoms with Gasteiger partial charge in [-0.05, 0) is 29.7 Å². The van der Waals surface area contributed by atoms with Gasteiger partial charge in [-0.2, -0.15) is 0 Å². The minimum Gasteiger partial charge on any atom is -0.462 e. The van der Waals surface area contributed by atoms with Gasteiger partial charge >= 0.3 is 11.9 Å². The zero-order valence-electron chi connectivity index (χ0n) is 16.4. The molecule has 6 heteroatoms. The topological polar surface area (TPSA) is 71.1 Å². The first-order chi connectivity index (χ1) is 14.1. The summed E-state index contributed by atoms with van der Waals surface area (Å²) in [6.45, 7) is 0. The van der Waals surface area contributed by atoms with Crippen molar-refractivity contribution in [2.75, 3.05) is 14.2 Å². The zero-order chi connectivity index (χ0) is 20.4. The highest BCUT2D eigenvalue weighted by atomic mass is 16.7. The van der Waals surface area contributed by atoms with E-state index < -0.39 is 12.2 Å². The van der Waals surface area contributed by atoms with E-state index in [0.29, 0.717) is 12.2 Å². The number of methoxy groups -OCH3 is 2. The van der Waals surface area contributed by atoms with Crippen molar-refractivity contribution in [3.63, 3.8) is 0 Å². The molecule has 2 aromatic carbocycles. The molecule has 1 unspecified atom stereocenters. The SMILES string of the molecule is COC(OC)[C@H]1C(C(=O)Oc2ccc(-c3ccccc3)cc2)C[C@@H]2OC(=O)C[C@H]12. The lowest BCUT2D eigenvalue weighted by Gasteiger charge is -2.28. The van der Waals surface area contributed by atoms with E-state index in [1.807, 2.05) is 42.5 Å². The number of rotatable bonds is 6. The summed E-state index contributed by atoms with van der Waals surface area (Å²) in [6, 6.07) is 17.4. The highest BCUT2D eigenvalue weighted by molar-refractivity contribution is 5.78. The molecule has 29 heavy (non-hydrogen) atoms. The molecule has 0 amide bonds. The first-order valence-electron chi connectivity index (χ1n) is 9.73. The van der Waals surface area contributed by atoms with Gasteiger partial charge in [0.25, 0.3) is 0 Å². The van der Waals surface area contributed by atoms with Crippen LogP contribution in [-0.2, 0) is 23.8 Å². The highest BCUT2D eigenvalue weighted by Crippen LogP contribution is 2.47. The fraction of sp³-hybridized carbons (Fsp3) is 0.391. The average Bonchev–Trinajstić information content (AvgIpc) is 3.27.